The predicted octanol–water partition coefficient (Wildman–Crippen LogP) is 2.06. The van der Waals surface area contributed by atoms with Crippen LogP contribution < -0.4 is 5.32 Å². The third-order valence-electron chi connectivity index (χ3n) is 4.74. The monoisotopic (exact) mass is 352 g/mol. The van der Waals surface area contributed by atoms with Crippen LogP contribution in [0.3, 0.4) is 0 Å². The van der Waals surface area contributed by atoms with E-state index in [1.54, 1.807) is 12.1 Å². The summed E-state index contributed by atoms with van der Waals surface area (Å²) in [5.74, 6) is -0.673. The Balaban J connectivity index is 1.60. The van der Waals surface area contributed by atoms with Crippen molar-refractivity contribution < 1.29 is 14.3 Å². The lowest BCUT2D eigenvalue weighted by Gasteiger charge is -2.27. The molecular formula is C21H24N2O3. The molecule has 0 spiro atoms. The number of nitrogens with one attached hydrogen (secondary N) is 1. The smallest absolute Gasteiger partial charge is 0.339 e. The van der Waals surface area contributed by atoms with E-state index in [0.717, 1.165) is 12.0 Å². The summed E-state index contributed by atoms with van der Waals surface area (Å²) in [7, 11) is 3.99. The number of rotatable bonds is 6. The molecule has 0 aromatic heterocycles. The topological polar surface area (TPSA) is 58.6 Å². The zero-order chi connectivity index (χ0) is 18.5. The molecule has 0 saturated heterocycles. The first-order valence-electron chi connectivity index (χ1n) is 8.81. The second kappa shape index (κ2) is 8.15. The molecule has 1 aliphatic rings. The van der Waals surface area contributed by atoms with Crippen LogP contribution in [0.15, 0.2) is 54.6 Å². The van der Waals surface area contributed by atoms with E-state index in [-0.39, 0.29) is 11.9 Å². The van der Waals surface area contributed by atoms with E-state index in [0.29, 0.717) is 18.5 Å². The van der Waals surface area contributed by atoms with Crippen LogP contribution in [0.25, 0.3) is 0 Å². The Hall–Kier alpha value is -2.66. The molecule has 0 unspecified atom stereocenters. The van der Waals surface area contributed by atoms with Crippen LogP contribution in [0.2, 0.25) is 0 Å². The minimum absolute atomic E-state index is 0.160. The molecule has 1 aliphatic heterocycles. The highest BCUT2D eigenvalue weighted by Gasteiger charge is 2.31. The number of fused-ring (bicyclic) bond motifs is 1. The third-order valence-corrected chi connectivity index (χ3v) is 4.74. The van der Waals surface area contributed by atoms with Gasteiger partial charge in [-0.1, -0.05) is 48.5 Å². The van der Waals surface area contributed by atoms with Gasteiger partial charge in [0, 0.05) is 19.0 Å². The zero-order valence-electron chi connectivity index (χ0n) is 15.1. The predicted molar refractivity (Wildman–Crippen MR) is 100.0 cm³/mol. The Morgan fingerprint density at radius 3 is 2.58 bits per heavy atom. The van der Waals surface area contributed by atoms with Gasteiger partial charge in [0.1, 0.15) is 0 Å². The number of carbonyl (C=O) groups excluding carboxylic acids is 2. The Morgan fingerprint density at radius 1 is 1.15 bits per heavy atom. The van der Waals surface area contributed by atoms with E-state index in [4.69, 9.17) is 4.74 Å². The van der Waals surface area contributed by atoms with Gasteiger partial charge in [-0.3, -0.25) is 4.79 Å². The van der Waals surface area contributed by atoms with E-state index in [1.807, 2.05) is 44.4 Å². The minimum Gasteiger partial charge on any atom is -0.448 e. The summed E-state index contributed by atoms with van der Waals surface area (Å²) >= 11 is 0. The lowest BCUT2D eigenvalue weighted by molar-refractivity contribution is -0.130. The van der Waals surface area contributed by atoms with Crippen LogP contribution in [0, 0.1) is 0 Å². The summed E-state index contributed by atoms with van der Waals surface area (Å²) in [4.78, 5) is 26.7. The van der Waals surface area contributed by atoms with Crippen molar-refractivity contribution in [3.05, 3.63) is 71.3 Å². The maximum atomic E-state index is 12.5. The van der Waals surface area contributed by atoms with Gasteiger partial charge in [0.2, 0.25) is 0 Å². The Labute approximate surface area is 154 Å². The van der Waals surface area contributed by atoms with Gasteiger partial charge in [-0.25, -0.2) is 4.79 Å². The number of hydrogen-bond donors (Lipinski definition) is 1. The number of cyclic esters (lactones) is 1. The van der Waals surface area contributed by atoms with Crippen LogP contribution in [-0.4, -0.2) is 49.6 Å². The molecule has 3 rings (SSSR count). The maximum Gasteiger partial charge on any atom is 0.339 e. The molecule has 5 heteroatoms. The van der Waals surface area contributed by atoms with Gasteiger partial charge in [-0.2, -0.15) is 0 Å². The fourth-order valence-electron chi connectivity index (χ4n) is 3.13. The summed E-state index contributed by atoms with van der Waals surface area (Å²) in [6.45, 7) is 0.496. The molecule has 1 N–H and O–H groups in total. The number of carbonyl (C=O) groups is 2. The van der Waals surface area contributed by atoms with Crippen molar-refractivity contribution in [3.63, 3.8) is 0 Å². The Kier molecular flexibility index (Phi) is 5.68. The van der Waals surface area contributed by atoms with E-state index < -0.39 is 12.1 Å². The first kappa shape index (κ1) is 18.1. The van der Waals surface area contributed by atoms with Gasteiger partial charge < -0.3 is 15.0 Å². The normalized spacial score (nSPS) is 17.3. The van der Waals surface area contributed by atoms with E-state index in [2.05, 4.69) is 22.3 Å². The van der Waals surface area contributed by atoms with Gasteiger partial charge in [0.05, 0.1) is 5.56 Å². The van der Waals surface area contributed by atoms with Gasteiger partial charge >= 0.3 is 5.97 Å². The number of nitrogens with zero attached hydrogens (tertiary/aromatic N) is 1. The molecule has 2 aromatic rings. The average Bonchev–Trinajstić information content (AvgIpc) is 2.65. The summed E-state index contributed by atoms with van der Waals surface area (Å²) in [6.07, 6.45) is 0.484. The van der Waals surface area contributed by atoms with Crippen LogP contribution >= 0.6 is 0 Å². The molecule has 0 saturated carbocycles. The summed E-state index contributed by atoms with van der Waals surface area (Å²) < 4.78 is 5.32. The number of esters is 1. The second-order valence-electron chi connectivity index (χ2n) is 6.81. The van der Waals surface area contributed by atoms with Crippen LogP contribution in [0.4, 0.5) is 0 Å². The molecule has 2 atom stereocenters. The van der Waals surface area contributed by atoms with Crippen molar-refractivity contribution in [2.24, 2.45) is 0 Å². The summed E-state index contributed by atoms with van der Waals surface area (Å²) in [5, 5.41) is 2.95. The van der Waals surface area contributed by atoms with Crippen molar-refractivity contribution >= 4 is 11.9 Å². The third kappa shape index (κ3) is 4.29. The fourth-order valence-corrected chi connectivity index (χ4v) is 3.13. The van der Waals surface area contributed by atoms with Gasteiger partial charge in [0.25, 0.3) is 5.91 Å². The molecule has 5 nitrogen and oxygen atoms in total. The highest BCUT2D eigenvalue weighted by molar-refractivity contribution is 5.95. The second-order valence-corrected chi connectivity index (χ2v) is 6.81. The molecular weight excluding hydrogens is 328 g/mol. The van der Waals surface area contributed by atoms with Crippen molar-refractivity contribution in [2.45, 2.75) is 25.0 Å². The molecule has 0 aliphatic carbocycles. The van der Waals surface area contributed by atoms with Crippen LogP contribution in [0.5, 0.6) is 0 Å². The number of likely N-dealkylation sites (N-methyl/N-ethyl adjacent to an activating group) is 1. The molecule has 1 heterocycles. The molecule has 26 heavy (non-hydrogen) atoms. The molecule has 1 amide bonds. The lowest BCUT2D eigenvalue weighted by Crippen LogP contribution is -2.47. The van der Waals surface area contributed by atoms with Gasteiger partial charge in [-0.15, -0.1) is 0 Å². The largest absolute Gasteiger partial charge is 0.448 e. The lowest BCUT2D eigenvalue weighted by atomic mass is 9.98. The zero-order valence-corrected chi connectivity index (χ0v) is 15.1. The summed E-state index contributed by atoms with van der Waals surface area (Å²) in [5.41, 5.74) is 2.63. The molecule has 0 bridgehead atoms. The SMILES string of the molecule is CN(C)[C@H](CNC(=O)[C@@H]1Cc2ccccc2C(=O)O1)Cc1ccccc1. The first-order valence-corrected chi connectivity index (χ1v) is 8.81. The Morgan fingerprint density at radius 2 is 1.85 bits per heavy atom. The van der Waals surface area contributed by atoms with Gasteiger partial charge in [0.15, 0.2) is 6.10 Å². The van der Waals surface area contributed by atoms with E-state index in [1.165, 1.54) is 5.56 Å². The fraction of sp³-hybridized carbons (Fsp3) is 0.333. The highest BCUT2D eigenvalue weighted by atomic mass is 16.5. The number of ether oxygens (including phenoxy) is 1. The van der Waals surface area contributed by atoms with Crippen molar-refractivity contribution in [2.75, 3.05) is 20.6 Å². The van der Waals surface area contributed by atoms with Gasteiger partial charge in [-0.05, 0) is 37.7 Å². The maximum absolute atomic E-state index is 12.5. The Bertz CT molecular complexity index is 774. The summed E-state index contributed by atoms with van der Waals surface area (Å²) in [6, 6.07) is 17.6. The first-order chi connectivity index (χ1) is 12.5. The standard InChI is InChI=1S/C21H24N2O3/c1-23(2)17(12-15-8-4-3-5-9-15)14-22-20(24)19-13-16-10-6-7-11-18(16)21(25)26-19/h3-11,17,19H,12-14H2,1-2H3,(H,22,24)/t17-,19-/m0/s1. The quantitative estimate of drug-likeness (QED) is 0.809. The minimum atomic E-state index is -0.767. The van der Waals surface area contributed by atoms with Crippen molar-refractivity contribution in [1.29, 1.82) is 0 Å². The molecule has 2 aromatic carbocycles. The van der Waals surface area contributed by atoms with Crippen LogP contribution in [-0.2, 0) is 22.4 Å². The number of amides is 1. The molecule has 136 valence electrons. The number of benzene rings is 2. The average molecular weight is 352 g/mol. The van der Waals surface area contributed by atoms with E-state index in [9.17, 15) is 9.59 Å². The highest BCUT2D eigenvalue weighted by Crippen LogP contribution is 2.20. The number of hydrogen-bond acceptors (Lipinski definition) is 4. The molecule has 0 fully saturated rings. The van der Waals surface area contributed by atoms with E-state index >= 15 is 0 Å². The van der Waals surface area contributed by atoms with Crippen molar-refractivity contribution in [1.82, 2.24) is 10.2 Å². The van der Waals surface area contributed by atoms with Crippen molar-refractivity contribution in [3.8, 4) is 0 Å². The molecule has 0 radical (unpaired) electrons. The van der Waals surface area contributed by atoms with Crippen LogP contribution in [0.1, 0.15) is 21.5 Å².